The molecule has 0 amide bonds. The molecule has 0 unspecified atom stereocenters. The van der Waals surface area contributed by atoms with E-state index >= 15 is 0 Å². The van der Waals surface area contributed by atoms with Crippen LogP contribution in [0.25, 0.3) is 27.8 Å². The van der Waals surface area contributed by atoms with E-state index in [1.807, 2.05) is 72.8 Å². The molecule has 144 valence electrons. The van der Waals surface area contributed by atoms with Gasteiger partial charge in [0.15, 0.2) is 0 Å². The lowest BCUT2D eigenvalue weighted by Crippen LogP contribution is -2.09. The zero-order valence-electron chi connectivity index (χ0n) is 16.0. The molecule has 0 aliphatic rings. The van der Waals surface area contributed by atoms with E-state index in [4.69, 9.17) is 4.74 Å². The van der Waals surface area contributed by atoms with Crippen LogP contribution in [0.5, 0.6) is 5.75 Å². The number of rotatable bonds is 4. The summed E-state index contributed by atoms with van der Waals surface area (Å²) in [5.41, 5.74) is 4.93. The van der Waals surface area contributed by atoms with Crippen LogP contribution in [0.4, 0.5) is 0 Å². The molecule has 0 bridgehead atoms. The van der Waals surface area contributed by atoms with Crippen LogP contribution >= 0.6 is 0 Å². The Morgan fingerprint density at radius 3 is 2.00 bits per heavy atom. The Balaban J connectivity index is 1.34. The number of benzene rings is 4. The van der Waals surface area contributed by atoms with E-state index in [0.717, 1.165) is 27.8 Å². The van der Waals surface area contributed by atoms with Crippen molar-refractivity contribution in [3.05, 3.63) is 109 Å². The number of hydrogen-bond acceptors (Lipinski definition) is 4. The van der Waals surface area contributed by atoms with E-state index < -0.39 is 5.97 Å². The van der Waals surface area contributed by atoms with Gasteiger partial charge in [-0.05, 0) is 59.7 Å². The molecule has 0 aliphatic carbocycles. The molecule has 5 heteroatoms. The average Bonchev–Trinajstić information content (AvgIpc) is 3.24. The maximum atomic E-state index is 12.6. The predicted octanol–water partition coefficient (Wildman–Crippen LogP) is 5.31. The second kappa shape index (κ2) is 7.64. The topological polar surface area (TPSA) is 57.0 Å². The van der Waals surface area contributed by atoms with Crippen molar-refractivity contribution in [3.63, 3.8) is 0 Å². The summed E-state index contributed by atoms with van der Waals surface area (Å²) in [5.74, 6) is 0.0933. The first-order chi connectivity index (χ1) is 14.8. The highest BCUT2D eigenvalue weighted by atomic mass is 16.5. The molecular formula is C25H17N3O2. The fraction of sp³-hybridized carbons (Fsp3) is 0. The van der Waals surface area contributed by atoms with Gasteiger partial charge >= 0.3 is 5.97 Å². The Kier molecular flexibility index (Phi) is 4.54. The fourth-order valence-corrected chi connectivity index (χ4v) is 3.24. The van der Waals surface area contributed by atoms with Gasteiger partial charge in [-0.25, -0.2) is 4.79 Å². The molecule has 0 aliphatic heterocycles. The normalized spacial score (nSPS) is 10.8. The minimum Gasteiger partial charge on any atom is -0.423 e. The molecule has 0 spiro atoms. The maximum Gasteiger partial charge on any atom is 0.343 e. The highest BCUT2D eigenvalue weighted by molar-refractivity contribution is 5.91. The number of carbonyl (C=O) groups is 1. The van der Waals surface area contributed by atoms with E-state index in [0.29, 0.717) is 11.3 Å². The molecule has 4 aromatic carbocycles. The average molecular weight is 391 g/mol. The monoisotopic (exact) mass is 391 g/mol. The number of aromatic nitrogens is 3. The van der Waals surface area contributed by atoms with E-state index in [1.165, 1.54) is 0 Å². The van der Waals surface area contributed by atoms with Crippen molar-refractivity contribution in [2.45, 2.75) is 0 Å². The lowest BCUT2D eigenvalue weighted by atomic mass is 10.1. The van der Waals surface area contributed by atoms with Gasteiger partial charge in [0.1, 0.15) is 16.8 Å². The van der Waals surface area contributed by atoms with E-state index in [-0.39, 0.29) is 0 Å². The second-order valence-electron chi connectivity index (χ2n) is 6.81. The Bertz CT molecular complexity index is 1290. The highest BCUT2D eigenvalue weighted by Crippen LogP contribution is 2.24. The van der Waals surface area contributed by atoms with Crippen molar-refractivity contribution in [1.29, 1.82) is 0 Å². The van der Waals surface area contributed by atoms with Crippen LogP contribution in [-0.2, 0) is 0 Å². The van der Waals surface area contributed by atoms with Gasteiger partial charge in [-0.1, -0.05) is 54.6 Å². The first kappa shape index (κ1) is 17.8. The van der Waals surface area contributed by atoms with Crippen LogP contribution in [0.15, 0.2) is 103 Å². The van der Waals surface area contributed by atoms with Gasteiger partial charge in [0, 0.05) is 0 Å². The Morgan fingerprint density at radius 2 is 1.30 bits per heavy atom. The van der Waals surface area contributed by atoms with Crippen LogP contribution in [0, 0.1) is 0 Å². The van der Waals surface area contributed by atoms with Crippen molar-refractivity contribution in [1.82, 2.24) is 15.0 Å². The van der Waals surface area contributed by atoms with Crippen molar-refractivity contribution in [3.8, 4) is 22.6 Å². The van der Waals surface area contributed by atoms with Gasteiger partial charge in [-0.2, -0.15) is 4.80 Å². The number of esters is 1. The van der Waals surface area contributed by atoms with Gasteiger partial charge in [0.25, 0.3) is 0 Å². The van der Waals surface area contributed by atoms with Gasteiger partial charge in [0.2, 0.25) is 0 Å². The summed E-state index contributed by atoms with van der Waals surface area (Å²) in [7, 11) is 0. The lowest BCUT2D eigenvalue weighted by Gasteiger charge is -2.07. The fourth-order valence-electron chi connectivity index (χ4n) is 3.24. The number of ether oxygens (including phenoxy) is 1. The molecule has 0 radical (unpaired) electrons. The minimum atomic E-state index is -0.412. The van der Waals surface area contributed by atoms with Gasteiger partial charge in [-0.3, -0.25) is 0 Å². The summed E-state index contributed by atoms with van der Waals surface area (Å²) in [6, 6.07) is 32.2. The molecule has 0 saturated carbocycles. The van der Waals surface area contributed by atoms with Crippen LogP contribution in [0.1, 0.15) is 10.4 Å². The molecule has 0 saturated heterocycles. The van der Waals surface area contributed by atoms with Crippen LogP contribution in [-0.4, -0.2) is 21.0 Å². The van der Waals surface area contributed by atoms with E-state index in [1.54, 1.807) is 35.1 Å². The molecule has 1 heterocycles. The maximum absolute atomic E-state index is 12.6. The summed E-state index contributed by atoms with van der Waals surface area (Å²) in [6.07, 6.45) is 0. The minimum absolute atomic E-state index is 0.412. The summed E-state index contributed by atoms with van der Waals surface area (Å²) < 4.78 is 5.58. The molecular weight excluding hydrogens is 374 g/mol. The third-order valence-electron chi connectivity index (χ3n) is 4.77. The number of carbonyl (C=O) groups excluding carboxylic acids is 1. The SMILES string of the molecule is O=C(Oc1cccc(-c2ccccc2)c1)c1ccc(-n2nc3ccccc3n2)cc1. The standard InChI is InChI=1S/C25H17N3O2/c29-25(30-22-10-6-9-20(17-22)18-7-2-1-3-8-18)19-13-15-21(16-14-19)28-26-23-11-4-5-12-24(23)27-28/h1-17H. The van der Waals surface area contributed by atoms with Gasteiger partial charge < -0.3 is 4.74 Å². The summed E-state index contributed by atoms with van der Waals surface area (Å²) in [4.78, 5) is 14.1. The summed E-state index contributed by atoms with van der Waals surface area (Å²) in [6.45, 7) is 0. The number of hydrogen-bond donors (Lipinski definition) is 0. The number of fused-ring (bicyclic) bond motifs is 1. The second-order valence-corrected chi connectivity index (χ2v) is 6.81. The predicted molar refractivity (Wildman–Crippen MR) is 116 cm³/mol. The number of nitrogens with zero attached hydrogens (tertiary/aromatic N) is 3. The molecule has 5 aromatic rings. The molecule has 0 atom stereocenters. The molecule has 0 N–H and O–H groups in total. The molecule has 5 rings (SSSR count). The van der Waals surface area contributed by atoms with E-state index in [9.17, 15) is 4.79 Å². The Hall–Kier alpha value is -4.25. The van der Waals surface area contributed by atoms with Crippen molar-refractivity contribution < 1.29 is 9.53 Å². The Morgan fingerprint density at radius 1 is 0.667 bits per heavy atom. The molecule has 30 heavy (non-hydrogen) atoms. The molecule has 5 nitrogen and oxygen atoms in total. The Labute approximate surface area is 173 Å². The van der Waals surface area contributed by atoms with E-state index in [2.05, 4.69) is 10.2 Å². The first-order valence-corrected chi connectivity index (χ1v) is 9.56. The third kappa shape index (κ3) is 3.56. The zero-order valence-corrected chi connectivity index (χ0v) is 16.0. The quantitative estimate of drug-likeness (QED) is 0.308. The summed E-state index contributed by atoms with van der Waals surface area (Å²) >= 11 is 0. The van der Waals surface area contributed by atoms with Gasteiger partial charge in [0.05, 0.1) is 11.3 Å². The smallest absolute Gasteiger partial charge is 0.343 e. The van der Waals surface area contributed by atoms with Crippen LogP contribution < -0.4 is 4.74 Å². The molecule has 0 fully saturated rings. The molecule has 1 aromatic heterocycles. The highest BCUT2D eigenvalue weighted by Gasteiger charge is 2.11. The van der Waals surface area contributed by atoms with Crippen molar-refractivity contribution in [2.24, 2.45) is 0 Å². The first-order valence-electron chi connectivity index (χ1n) is 9.56. The van der Waals surface area contributed by atoms with Crippen molar-refractivity contribution >= 4 is 17.0 Å². The lowest BCUT2D eigenvalue weighted by molar-refractivity contribution is 0.0735. The largest absolute Gasteiger partial charge is 0.423 e. The summed E-state index contributed by atoms with van der Waals surface area (Å²) in [5, 5.41) is 8.91. The van der Waals surface area contributed by atoms with Crippen molar-refractivity contribution in [2.75, 3.05) is 0 Å². The van der Waals surface area contributed by atoms with Gasteiger partial charge in [-0.15, -0.1) is 10.2 Å². The zero-order chi connectivity index (χ0) is 20.3. The third-order valence-corrected chi connectivity index (χ3v) is 4.77. The van der Waals surface area contributed by atoms with Crippen LogP contribution in [0.3, 0.4) is 0 Å². The van der Waals surface area contributed by atoms with Crippen LogP contribution in [0.2, 0.25) is 0 Å².